The van der Waals surface area contributed by atoms with Gasteiger partial charge in [0.25, 0.3) is 0 Å². The van der Waals surface area contributed by atoms with Gasteiger partial charge in [-0.3, -0.25) is 9.69 Å². The van der Waals surface area contributed by atoms with Crippen LogP contribution in [0.1, 0.15) is 5.56 Å². The highest BCUT2D eigenvalue weighted by Crippen LogP contribution is 2.17. The van der Waals surface area contributed by atoms with Crippen LogP contribution < -0.4 is 5.32 Å². The number of likely N-dealkylation sites (N-methyl/N-ethyl adjacent to an activating group) is 1. The number of rotatable bonds is 8. The number of morpholine rings is 1. The number of nitrogens with one attached hydrogen (secondary N) is 1. The Bertz CT molecular complexity index is 597. The van der Waals surface area contributed by atoms with Gasteiger partial charge in [0, 0.05) is 36.8 Å². The molecule has 0 aromatic heterocycles. The first-order valence-corrected chi connectivity index (χ1v) is 9.67. The molecule has 1 fully saturated rings. The molecule has 0 aliphatic carbocycles. The van der Waals surface area contributed by atoms with Crippen LogP contribution in [0.25, 0.3) is 0 Å². The predicted octanol–water partition coefficient (Wildman–Crippen LogP) is 1.51. The molecule has 0 bridgehead atoms. The van der Waals surface area contributed by atoms with Crippen molar-refractivity contribution in [1.82, 2.24) is 15.1 Å². The highest BCUT2D eigenvalue weighted by atomic mass is 32.2. The summed E-state index contributed by atoms with van der Waals surface area (Å²) in [5.74, 6) is -0.0619. The monoisotopic (exact) mass is 381 g/mol. The third-order valence-electron chi connectivity index (χ3n) is 4.01. The Labute approximate surface area is 158 Å². The lowest BCUT2D eigenvalue weighted by atomic mass is 10.2. The van der Waals surface area contributed by atoms with Crippen molar-refractivity contribution in [1.29, 1.82) is 0 Å². The zero-order valence-electron chi connectivity index (χ0n) is 15.3. The van der Waals surface area contributed by atoms with Crippen molar-refractivity contribution in [3.8, 4) is 0 Å². The molecule has 26 heavy (non-hydrogen) atoms. The minimum Gasteiger partial charge on any atom is -0.480 e. The van der Waals surface area contributed by atoms with Crippen LogP contribution in [0.15, 0.2) is 29.2 Å². The summed E-state index contributed by atoms with van der Waals surface area (Å²) in [5.41, 5.74) is 1.23. The van der Waals surface area contributed by atoms with E-state index in [1.54, 1.807) is 28.6 Å². The molecule has 1 aliphatic rings. The molecule has 1 unspecified atom stereocenters. The number of aliphatic carboxylic acids is 1. The van der Waals surface area contributed by atoms with Crippen molar-refractivity contribution in [2.75, 3.05) is 52.1 Å². The lowest BCUT2D eigenvalue weighted by molar-refractivity contribution is -0.138. The lowest BCUT2D eigenvalue weighted by Crippen LogP contribution is -2.52. The average molecular weight is 381 g/mol. The van der Waals surface area contributed by atoms with Crippen molar-refractivity contribution in [3.05, 3.63) is 29.8 Å². The molecule has 7 nitrogen and oxygen atoms in total. The minimum atomic E-state index is -0.871. The van der Waals surface area contributed by atoms with E-state index < -0.39 is 5.97 Å². The van der Waals surface area contributed by atoms with E-state index in [0.29, 0.717) is 32.8 Å². The maximum Gasteiger partial charge on any atom is 0.317 e. The number of carboxylic acid groups (broad SMARTS) is 1. The van der Waals surface area contributed by atoms with E-state index in [9.17, 15) is 9.59 Å². The van der Waals surface area contributed by atoms with Gasteiger partial charge in [-0.05, 0) is 26.1 Å². The topological polar surface area (TPSA) is 82.1 Å². The standard InChI is InChI=1S/C18H27N3O4S/c1-14-3-5-16(6-4-14)26-10-7-19-18(24)21-8-9-25-15(12-21)11-20(2)13-17(22)23/h3-6,15H,7-13H2,1-2H3,(H,19,24)(H,22,23). The molecule has 1 heterocycles. The van der Waals surface area contributed by atoms with Gasteiger partial charge in [0.2, 0.25) is 0 Å². The molecule has 0 spiro atoms. The summed E-state index contributed by atoms with van der Waals surface area (Å²) in [6.45, 7) is 4.59. The summed E-state index contributed by atoms with van der Waals surface area (Å²) in [5, 5.41) is 11.8. The highest BCUT2D eigenvalue weighted by molar-refractivity contribution is 7.99. The van der Waals surface area contributed by atoms with E-state index in [1.807, 2.05) is 0 Å². The van der Waals surface area contributed by atoms with Crippen LogP contribution in [0.5, 0.6) is 0 Å². The molecule has 1 aromatic rings. The number of carbonyl (C=O) groups excluding carboxylic acids is 1. The van der Waals surface area contributed by atoms with E-state index in [0.717, 1.165) is 5.75 Å². The number of aryl methyl sites for hydroxylation is 1. The fourth-order valence-electron chi connectivity index (χ4n) is 2.73. The Kier molecular flexibility index (Phi) is 8.21. The van der Waals surface area contributed by atoms with Gasteiger partial charge in [-0.1, -0.05) is 17.7 Å². The summed E-state index contributed by atoms with van der Waals surface area (Å²) in [7, 11) is 1.73. The summed E-state index contributed by atoms with van der Waals surface area (Å²) in [6.07, 6.45) is -0.166. The first-order chi connectivity index (χ1) is 12.4. The van der Waals surface area contributed by atoms with Crippen LogP contribution in [0.2, 0.25) is 0 Å². The minimum absolute atomic E-state index is 0.0394. The van der Waals surface area contributed by atoms with Gasteiger partial charge in [-0.15, -0.1) is 11.8 Å². The third-order valence-corrected chi connectivity index (χ3v) is 5.03. The first kappa shape index (κ1) is 20.5. The molecule has 2 rings (SSSR count). The van der Waals surface area contributed by atoms with Crippen LogP contribution >= 0.6 is 11.8 Å². The molecule has 1 atom stereocenters. The predicted molar refractivity (Wildman–Crippen MR) is 102 cm³/mol. The number of carboxylic acids is 1. The van der Waals surface area contributed by atoms with Crippen LogP contribution in [0, 0.1) is 6.92 Å². The average Bonchev–Trinajstić information content (AvgIpc) is 2.59. The zero-order chi connectivity index (χ0) is 18.9. The lowest BCUT2D eigenvalue weighted by Gasteiger charge is -2.34. The number of amides is 2. The third kappa shape index (κ3) is 7.23. The van der Waals surface area contributed by atoms with Crippen LogP contribution in [0.4, 0.5) is 4.79 Å². The van der Waals surface area contributed by atoms with Crippen molar-refractivity contribution in [2.45, 2.75) is 17.9 Å². The molecular weight excluding hydrogens is 354 g/mol. The second-order valence-corrected chi connectivity index (χ2v) is 7.59. The van der Waals surface area contributed by atoms with E-state index in [-0.39, 0.29) is 18.7 Å². The van der Waals surface area contributed by atoms with Crippen LogP contribution in [-0.4, -0.2) is 85.1 Å². The molecule has 2 N–H and O–H groups in total. The SMILES string of the molecule is Cc1ccc(SCCNC(=O)N2CCOC(CN(C)CC(=O)O)C2)cc1. The number of hydrogen-bond acceptors (Lipinski definition) is 5. The Morgan fingerprint density at radius 3 is 2.81 bits per heavy atom. The maximum atomic E-state index is 12.3. The van der Waals surface area contributed by atoms with Gasteiger partial charge in [0.05, 0.1) is 19.3 Å². The number of urea groups is 1. The van der Waals surface area contributed by atoms with E-state index in [1.165, 1.54) is 10.5 Å². The second kappa shape index (κ2) is 10.4. The Hall–Kier alpha value is -1.77. The molecular formula is C18H27N3O4S. The van der Waals surface area contributed by atoms with Gasteiger partial charge in [-0.25, -0.2) is 4.79 Å². The van der Waals surface area contributed by atoms with E-state index in [2.05, 4.69) is 36.5 Å². The van der Waals surface area contributed by atoms with Crippen LogP contribution in [0.3, 0.4) is 0 Å². The Balaban J connectivity index is 1.67. The molecule has 1 aliphatic heterocycles. The zero-order valence-corrected chi connectivity index (χ0v) is 16.1. The summed E-state index contributed by atoms with van der Waals surface area (Å²) in [4.78, 5) is 27.7. The first-order valence-electron chi connectivity index (χ1n) is 8.68. The molecule has 0 radical (unpaired) electrons. The van der Waals surface area contributed by atoms with Crippen molar-refractivity contribution in [3.63, 3.8) is 0 Å². The molecule has 8 heteroatoms. The highest BCUT2D eigenvalue weighted by Gasteiger charge is 2.25. The Morgan fingerprint density at radius 2 is 2.12 bits per heavy atom. The van der Waals surface area contributed by atoms with Crippen molar-refractivity contribution >= 4 is 23.8 Å². The molecule has 2 amide bonds. The number of hydrogen-bond donors (Lipinski definition) is 2. The van der Waals surface area contributed by atoms with Gasteiger partial charge in [-0.2, -0.15) is 0 Å². The van der Waals surface area contributed by atoms with Gasteiger partial charge in [0.15, 0.2) is 0 Å². The second-order valence-electron chi connectivity index (χ2n) is 6.42. The fourth-order valence-corrected chi connectivity index (χ4v) is 3.50. The van der Waals surface area contributed by atoms with Crippen LogP contribution in [-0.2, 0) is 9.53 Å². The summed E-state index contributed by atoms with van der Waals surface area (Å²) < 4.78 is 5.64. The summed E-state index contributed by atoms with van der Waals surface area (Å²) >= 11 is 1.71. The molecule has 144 valence electrons. The number of benzene rings is 1. The Morgan fingerprint density at radius 1 is 1.38 bits per heavy atom. The summed E-state index contributed by atoms with van der Waals surface area (Å²) in [6, 6.07) is 8.24. The quantitative estimate of drug-likeness (QED) is 0.525. The van der Waals surface area contributed by atoms with E-state index >= 15 is 0 Å². The molecule has 0 saturated carbocycles. The van der Waals surface area contributed by atoms with Crippen molar-refractivity contribution in [2.24, 2.45) is 0 Å². The number of carbonyl (C=O) groups is 2. The smallest absolute Gasteiger partial charge is 0.317 e. The van der Waals surface area contributed by atoms with Crippen molar-refractivity contribution < 1.29 is 19.4 Å². The largest absolute Gasteiger partial charge is 0.480 e. The maximum absolute atomic E-state index is 12.3. The number of ether oxygens (including phenoxy) is 1. The number of nitrogens with zero attached hydrogens (tertiary/aromatic N) is 2. The number of thioether (sulfide) groups is 1. The molecule has 1 saturated heterocycles. The van der Waals surface area contributed by atoms with Gasteiger partial charge >= 0.3 is 12.0 Å². The van der Waals surface area contributed by atoms with E-state index in [4.69, 9.17) is 9.84 Å². The molecule has 1 aromatic carbocycles. The van der Waals surface area contributed by atoms with Gasteiger partial charge < -0.3 is 20.1 Å². The van der Waals surface area contributed by atoms with Gasteiger partial charge in [0.1, 0.15) is 0 Å². The normalized spacial score (nSPS) is 17.3. The fraction of sp³-hybridized carbons (Fsp3) is 0.556.